The number of rotatable bonds is 0. The molecule has 6 nitrogen and oxygen atoms in total. The molecule has 0 aliphatic heterocycles. The SMILES string of the molecule is C=O.Cc1ccccc1O.NC(N)=O.Oc1ccccc1. The first kappa shape index (κ1) is 20.3. The number of amides is 2. The average Bonchev–Trinajstić information content (AvgIpc) is 2.45. The van der Waals surface area contributed by atoms with Gasteiger partial charge in [-0.15, -0.1) is 0 Å². The summed E-state index contributed by atoms with van der Waals surface area (Å²) in [5, 5.41) is 17.6. The van der Waals surface area contributed by atoms with Crippen LogP contribution in [0.4, 0.5) is 4.79 Å². The van der Waals surface area contributed by atoms with Gasteiger partial charge >= 0.3 is 6.03 Å². The van der Waals surface area contributed by atoms with E-state index in [0.717, 1.165) is 5.56 Å². The van der Waals surface area contributed by atoms with E-state index in [0.29, 0.717) is 11.5 Å². The van der Waals surface area contributed by atoms with Crippen LogP contribution < -0.4 is 11.5 Å². The Morgan fingerprint density at radius 2 is 1.29 bits per heavy atom. The van der Waals surface area contributed by atoms with Gasteiger partial charge in [-0.25, -0.2) is 4.79 Å². The fraction of sp³-hybridized carbons (Fsp3) is 0.0667. The number of aromatic hydroxyl groups is 2. The molecule has 0 spiro atoms. The molecule has 6 heteroatoms. The zero-order valence-corrected chi connectivity index (χ0v) is 11.8. The number of hydrogen-bond acceptors (Lipinski definition) is 4. The predicted molar refractivity (Wildman–Crippen MR) is 81.8 cm³/mol. The molecule has 2 aromatic rings. The van der Waals surface area contributed by atoms with Crippen LogP contribution in [-0.4, -0.2) is 23.0 Å². The van der Waals surface area contributed by atoms with E-state index in [9.17, 15) is 0 Å². The summed E-state index contributed by atoms with van der Waals surface area (Å²) >= 11 is 0. The summed E-state index contributed by atoms with van der Waals surface area (Å²) in [6, 6.07) is 15.1. The maximum Gasteiger partial charge on any atom is 0.309 e. The molecular formula is C15H20N2O4. The number of hydrogen-bond donors (Lipinski definition) is 4. The fourth-order valence-electron chi connectivity index (χ4n) is 0.991. The molecule has 0 aromatic heterocycles. The molecule has 6 N–H and O–H groups in total. The number of phenolic OH excluding ortho intramolecular Hbond substituents is 2. The Morgan fingerprint density at radius 1 is 0.905 bits per heavy atom. The number of urea groups is 1. The monoisotopic (exact) mass is 292 g/mol. The van der Waals surface area contributed by atoms with Gasteiger partial charge in [0.15, 0.2) is 0 Å². The quantitative estimate of drug-likeness (QED) is 0.591. The van der Waals surface area contributed by atoms with E-state index in [1.165, 1.54) is 0 Å². The van der Waals surface area contributed by atoms with Crippen LogP contribution in [0.2, 0.25) is 0 Å². The summed E-state index contributed by atoms with van der Waals surface area (Å²) in [5.41, 5.74) is 9.42. The smallest absolute Gasteiger partial charge is 0.309 e. The van der Waals surface area contributed by atoms with Crippen molar-refractivity contribution in [3.8, 4) is 11.5 Å². The molecule has 0 aliphatic carbocycles. The number of benzene rings is 2. The predicted octanol–water partition coefficient (Wildman–Crippen LogP) is 1.93. The van der Waals surface area contributed by atoms with Crippen LogP contribution in [0.15, 0.2) is 54.6 Å². The second-order valence-corrected chi connectivity index (χ2v) is 3.52. The van der Waals surface area contributed by atoms with Crippen LogP contribution in [0, 0.1) is 6.92 Å². The van der Waals surface area contributed by atoms with E-state index in [2.05, 4.69) is 11.5 Å². The molecule has 0 atom stereocenters. The van der Waals surface area contributed by atoms with Gasteiger partial charge in [0.25, 0.3) is 0 Å². The minimum Gasteiger partial charge on any atom is -0.508 e. The summed E-state index contributed by atoms with van der Waals surface area (Å²) in [6.07, 6.45) is 0. The van der Waals surface area contributed by atoms with E-state index < -0.39 is 6.03 Å². The lowest BCUT2D eigenvalue weighted by molar-refractivity contribution is -0.0980. The molecule has 2 aromatic carbocycles. The second-order valence-electron chi connectivity index (χ2n) is 3.52. The van der Waals surface area contributed by atoms with Gasteiger partial charge in [0.2, 0.25) is 0 Å². The lowest BCUT2D eigenvalue weighted by Crippen LogP contribution is -2.18. The summed E-state index contributed by atoms with van der Waals surface area (Å²) < 4.78 is 0. The van der Waals surface area contributed by atoms with Crippen LogP contribution >= 0.6 is 0 Å². The Balaban J connectivity index is 0. The summed E-state index contributed by atoms with van der Waals surface area (Å²) in [6.45, 7) is 3.87. The van der Waals surface area contributed by atoms with Crippen molar-refractivity contribution in [1.29, 1.82) is 0 Å². The van der Waals surface area contributed by atoms with E-state index in [-0.39, 0.29) is 0 Å². The van der Waals surface area contributed by atoms with Gasteiger partial charge in [0, 0.05) is 0 Å². The number of carbonyl (C=O) groups is 2. The zero-order chi connectivity index (χ0) is 16.7. The molecule has 21 heavy (non-hydrogen) atoms. The molecule has 0 unspecified atom stereocenters. The molecule has 0 heterocycles. The van der Waals surface area contributed by atoms with E-state index in [1.807, 2.05) is 38.0 Å². The van der Waals surface area contributed by atoms with Crippen LogP contribution in [0.25, 0.3) is 0 Å². The van der Waals surface area contributed by atoms with E-state index in [1.54, 1.807) is 30.3 Å². The van der Waals surface area contributed by atoms with Crippen molar-refractivity contribution in [2.24, 2.45) is 11.5 Å². The van der Waals surface area contributed by atoms with E-state index >= 15 is 0 Å². The summed E-state index contributed by atoms with van der Waals surface area (Å²) in [7, 11) is 0. The zero-order valence-electron chi connectivity index (χ0n) is 11.8. The number of aryl methyl sites for hydroxylation is 1. The number of nitrogens with two attached hydrogens (primary N) is 2. The standard InChI is InChI=1S/C7H8O.C6H6O.CH4N2O.CH2O/c1-6-4-2-3-5-7(6)8;7-6-4-2-1-3-5-6;2-1(3)4;1-2/h2-5,8H,1H3;1-5,7H;(H4,2,3,4);1H2. The van der Waals surface area contributed by atoms with Crippen molar-refractivity contribution in [3.05, 3.63) is 60.2 Å². The number of para-hydroxylation sites is 2. The Bertz CT molecular complexity index is 479. The van der Waals surface area contributed by atoms with Gasteiger partial charge in [-0.2, -0.15) is 0 Å². The third kappa shape index (κ3) is 14.9. The van der Waals surface area contributed by atoms with Crippen molar-refractivity contribution in [2.45, 2.75) is 6.92 Å². The largest absolute Gasteiger partial charge is 0.508 e. The normalized spacial score (nSPS) is 7.67. The summed E-state index contributed by atoms with van der Waals surface area (Å²) in [4.78, 5) is 17.0. The lowest BCUT2D eigenvalue weighted by Gasteiger charge is -1.92. The van der Waals surface area contributed by atoms with Crippen molar-refractivity contribution in [1.82, 2.24) is 0 Å². The molecule has 0 saturated heterocycles. The maximum atomic E-state index is 9.00. The third-order valence-electron chi connectivity index (χ3n) is 1.87. The molecule has 0 radical (unpaired) electrons. The van der Waals surface area contributed by atoms with Gasteiger partial charge in [-0.1, -0.05) is 36.4 Å². The van der Waals surface area contributed by atoms with Gasteiger partial charge < -0.3 is 26.5 Å². The first-order chi connectivity index (χ1) is 9.93. The minimum absolute atomic E-state index is 0.322. The maximum absolute atomic E-state index is 9.00. The van der Waals surface area contributed by atoms with Crippen LogP contribution in [-0.2, 0) is 4.79 Å². The Labute approximate surface area is 123 Å². The highest BCUT2D eigenvalue weighted by molar-refractivity contribution is 5.69. The van der Waals surface area contributed by atoms with Crippen molar-refractivity contribution in [2.75, 3.05) is 0 Å². The highest BCUT2D eigenvalue weighted by Gasteiger charge is 1.87. The molecule has 0 aliphatic rings. The fourth-order valence-corrected chi connectivity index (χ4v) is 0.991. The Kier molecular flexibility index (Phi) is 13.0. The Hall–Kier alpha value is -3.02. The van der Waals surface area contributed by atoms with Crippen LogP contribution in [0.3, 0.4) is 0 Å². The number of carbonyl (C=O) groups excluding carboxylic acids is 2. The van der Waals surface area contributed by atoms with Crippen molar-refractivity contribution >= 4 is 12.8 Å². The molecule has 0 bridgehead atoms. The third-order valence-corrected chi connectivity index (χ3v) is 1.87. The highest BCUT2D eigenvalue weighted by Crippen LogP contribution is 2.12. The molecule has 0 fully saturated rings. The van der Waals surface area contributed by atoms with Gasteiger partial charge in [-0.3, -0.25) is 0 Å². The minimum atomic E-state index is -0.833. The molecule has 0 saturated carbocycles. The highest BCUT2D eigenvalue weighted by atomic mass is 16.3. The molecule has 2 rings (SSSR count). The van der Waals surface area contributed by atoms with Gasteiger partial charge in [-0.05, 0) is 30.7 Å². The van der Waals surface area contributed by atoms with Gasteiger partial charge in [0.1, 0.15) is 18.3 Å². The number of primary amides is 2. The van der Waals surface area contributed by atoms with E-state index in [4.69, 9.17) is 19.8 Å². The van der Waals surface area contributed by atoms with Crippen molar-refractivity contribution in [3.63, 3.8) is 0 Å². The van der Waals surface area contributed by atoms with Gasteiger partial charge in [0.05, 0.1) is 0 Å². The number of phenols is 2. The van der Waals surface area contributed by atoms with Crippen molar-refractivity contribution < 1.29 is 19.8 Å². The van der Waals surface area contributed by atoms with Crippen LogP contribution in [0.5, 0.6) is 11.5 Å². The second kappa shape index (κ2) is 13.4. The molecular weight excluding hydrogens is 272 g/mol. The molecule has 2 amide bonds. The first-order valence-electron chi connectivity index (χ1n) is 5.76. The average molecular weight is 292 g/mol. The summed E-state index contributed by atoms with van der Waals surface area (Å²) in [5.74, 6) is 0.690. The Morgan fingerprint density at radius 3 is 1.52 bits per heavy atom. The lowest BCUT2D eigenvalue weighted by atomic mass is 10.2. The topological polar surface area (TPSA) is 127 Å². The first-order valence-corrected chi connectivity index (χ1v) is 5.76. The molecule has 114 valence electrons. The van der Waals surface area contributed by atoms with Crippen LogP contribution in [0.1, 0.15) is 5.56 Å².